The lowest BCUT2D eigenvalue weighted by Crippen LogP contribution is -2.19. The maximum atomic E-state index is 13.4. The zero-order valence-electron chi connectivity index (χ0n) is 8.98. The Bertz CT molecular complexity index is 385. The van der Waals surface area contributed by atoms with Gasteiger partial charge in [0.1, 0.15) is 6.23 Å². The number of nitrogens with zero attached hydrogens (tertiary/aromatic N) is 2. The lowest BCUT2D eigenvalue weighted by Gasteiger charge is -2.22. The summed E-state index contributed by atoms with van der Waals surface area (Å²) in [6.45, 7) is 0.639. The molecule has 1 aromatic heterocycles. The van der Waals surface area contributed by atoms with Crippen LogP contribution in [0, 0.1) is 5.82 Å². The van der Waals surface area contributed by atoms with Crippen LogP contribution in [0.3, 0.4) is 0 Å². The zero-order chi connectivity index (χ0) is 11.5. The molecule has 1 fully saturated rings. The lowest BCUT2D eigenvalue weighted by molar-refractivity contribution is -0.0398. The summed E-state index contributed by atoms with van der Waals surface area (Å²) in [4.78, 5) is 11.2. The number of methoxy groups -OCH3 is 1. The van der Waals surface area contributed by atoms with Crippen LogP contribution in [0.1, 0.15) is 36.0 Å². The van der Waals surface area contributed by atoms with Gasteiger partial charge in [-0.15, -0.1) is 0 Å². The SMILES string of the molecule is COC(=O)c1nn(C2CCCCO2)cc1F. The van der Waals surface area contributed by atoms with E-state index in [-0.39, 0.29) is 11.9 Å². The van der Waals surface area contributed by atoms with E-state index in [0.717, 1.165) is 19.3 Å². The minimum atomic E-state index is -0.771. The van der Waals surface area contributed by atoms with E-state index in [1.165, 1.54) is 18.0 Å². The van der Waals surface area contributed by atoms with E-state index in [1.807, 2.05) is 0 Å². The first-order chi connectivity index (χ1) is 7.72. The highest BCUT2D eigenvalue weighted by Gasteiger charge is 2.22. The summed E-state index contributed by atoms with van der Waals surface area (Å²) >= 11 is 0. The number of ether oxygens (including phenoxy) is 2. The van der Waals surface area contributed by atoms with Gasteiger partial charge in [0.05, 0.1) is 13.3 Å². The third-order valence-electron chi connectivity index (χ3n) is 2.52. The van der Waals surface area contributed by atoms with Crippen LogP contribution in [0.5, 0.6) is 0 Å². The summed E-state index contributed by atoms with van der Waals surface area (Å²) in [5.74, 6) is -1.45. The number of esters is 1. The van der Waals surface area contributed by atoms with E-state index >= 15 is 0 Å². The molecule has 1 aromatic rings. The van der Waals surface area contributed by atoms with Gasteiger partial charge in [-0.3, -0.25) is 0 Å². The van der Waals surface area contributed by atoms with Gasteiger partial charge in [0.15, 0.2) is 5.82 Å². The Morgan fingerprint density at radius 2 is 2.50 bits per heavy atom. The molecule has 0 amide bonds. The number of rotatable bonds is 2. The number of halogens is 1. The van der Waals surface area contributed by atoms with Crippen molar-refractivity contribution in [2.75, 3.05) is 13.7 Å². The largest absolute Gasteiger partial charge is 0.464 e. The molecule has 1 unspecified atom stereocenters. The zero-order valence-corrected chi connectivity index (χ0v) is 8.98. The molecule has 1 aliphatic heterocycles. The molecule has 0 bridgehead atoms. The molecule has 0 spiro atoms. The second-order valence-corrected chi connectivity index (χ2v) is 3.62. The molecule has 0 aromatic carbocycles. The van der Waals surface area contributed by atoms with Gasteiger partial charge >= 0.3 is 5.97 Å². The summed E-state index contributed by atoms with van der Waals surface area (Å²) in [7, 11) is 1.19. The van der Waals surface area contributed by atoms with Crippen molar-refractivity contribution in [2.45, 2.75) is 25.5 Å². The first kappa shape index (κ1) is 11.1. The average molecular weight is 228 g/mol. The highest BCUT2D eigenvalue weighted by Crippen LogP contribution is 2.22. The third kappa shape index (κ3) is 2.06. The molecule has 88 valence electrons. The van der Waals surface area contributed by atoms with Crippen molar-refractivity contribution >= 4 is 5.97 Å². The predicted octanol–water partition coefficient (Wildman–Crippen LogP) is 1.51. The standard InChI is InChI=1S/C10H13FN2O3/c1-15-10(14)9-7(11)6-13(12-9)8-4-2-3-5-16-8/h6,8H,2-5H2,1H3. The molecule has 1 aliphatic rings. The summed E-state index contributed by atoms with van der Waals surface area (Å²) in [5, 5.41) is 3.85. The monoisotopic (exact) mass is 228 g/mol. The number of aromatic nitrogens is 2. The first-order valence-corrected chi connectivity index (χ1v) is 5.17. The fourth-order valence-electron chi connectivity index (χ4n) is 1.68. The first-order valence-electron chi connectivity index (χ1n) is 5.17. The van der Waals surface area contributed by atoms with Crippen molar-refractivity contribution in [3.8, 4) is 0 Å². The number of hydrogen-bond donors (Lipinski definition) is 0. The van der Waals surface area contributed by atoms with Crippen LogP contribution in [0.25, 0.3) is 0 Å². The van der Waals surface area contributed by atoms with Crippen LogP contribution in [-0.2, 0) is 9.47 Å². The highest BCUT2D eigenvalue weighted by molar-refractivity contribution is 5.87. The molecule has 0 N–H and O–H groups in total. The van der Waals surface area contributed by atoms with Crippen molar-refractivity contribution in [1.29, 1.82) is 0 Å². The fraction of sp³-hybridized carbons (Fsp3) is 0.600. The maximum Gasteiger partial charge on any atom is 0.361 e. The van der Waals surface area contributed by atoms with Crippen LogP contribution in [-0.4, -0.2) is 29.5 Å². The quantitative estimate of drug-likeness (QED) is 0.720. The summed E-state index contributed by atoms with van der Waals surface area (Å²) < 4.78 is 24.6. The Hall–Kier alpha value is -1.43. The van der Waals surface area contributed by atoms with Crippen molar-refractivity contribution in [2.24, 2.45) is 0 Å². The molecule has 1 saturated heterocycles. The third-order valence-corrected chi connectivity index (χ3v) is 2.52. The minimum Gasteiger partial charge on any atom is -0.464 e. The molecule has 1 atom stereocenters. The number of carbonyl (C=O) groups excluding carboxylic acids is 1. The van der Waals surface area contributed by atoms with Crippen LogP contribution < -0.4 is 0 Å². The van der Waals surface area contributed by atoms with Gasteiger partial charge in [0.25, 0.3) is 0 Å². The van der Waals surface area contributed by atoms with Crippen molar-refractivity contribution < 1.29 is 18.7 Å². The van der Waals surface area contributed by atoms with Crippen LogP contribution in [0.2, 0.25) is 0 Å². The van der Waals surface area contributed by atoms with Crippen molar-refractivity contribution in [3.63, 3.8) is 0 Å². The molecule has 6 heteroatoms. The molecule has 5 nitrogen and oxygen atoms in total. The van der Waals surface area contributed by atoms with Gasteiger partial charge in [-0.25, -0.2) is 13.9 Å². The topological polar surface area (TPSA) is 53.3 Å². The highest BCUT2D eigenvalue weighted by atomic mass is 19.1. The van der Waals surface area contributed by atoms with E-state index in [4.69, 9.17) is 4.74 Å². The molecule has 0 aliphatic carbocycles. The molecule has 0 radical (unpaired) electrons. The van der Waals surface area contributed by atoms with Gasteiger partial charge in [0, 0.05) is 6.61 Å². The van der Waals surface area contributed by atoms with Crippen molar-refractivity contribution in [1.82, 2.24) is 9.78 Å². The normalized spacial score (nSPS) is 20.8. The Balaban J connectivity index is 2.19. The number of carbonyl (C=O) groups is 1. The molecule has 2 heterocycles. The van der Waals surface area contributed by atoms with Gasteiger partial charge in [0.2, 0.25) is 5.69 Å². The predicted molar refractivity (Wildman–Crippen MR) is 52.4 cm³/mol. The summed E-state index contributed by atoms with van der Waals surface area (Å²) in [5.41, 5.74) is -0.295. The lowest BCUT2D eigenvalue weighted by atomic mass is 10.2. The van der Waals surface area contributed by atoms with Gasteiger partial charge in [-0.2, -0.15) is 5.10 Å². The molecule has 2 rings (SSSR count). The summed E-state index contributed by atoms with van der Waals surface area (Å²) in [6, 6.07) is 0. The second-order valence-electron chi connectivity index (χ2n) is 3.62. The maximum absolute atomic E-state index is 13.4. The van der Waals surface area contributed by atoms with Crippen LogP contribution in [0.15, 0.2) is 6.20 Å². The fourth-order valence-corrected chi connectivity index (χ4v) is 1.68. The molecule has 16 heavy (non-hydrogen) atoms. The molecule has 0 saturated carbocycles. The number of hydrogen-bond acceptors (Lipinski definition) is 4. The van der Waals surface area contributed by atoms with E-state index in [0.29, 0.717) is 6.61 Å². The smallest absolute Gasteiger partial charge is 0.361 e. The van der Waals surface area contributed by atoms with Gasteiger partial charge in [-0.1, -0.05) is 0 Å². The van der Waals surface area contributed by atoms with E-state index in [1.54, 1.807) is 0 Å². The molecular weight excluding hydrogens is 215 g/mol. The van der Waals surface area contributed by atoms with E-state index in [2.05, 4.69) is 9.84 Å². The Kier molecular flexibility index (Phi) is 3.19. The molecular formula is C10H13FN2O3. The van der Waals surface area contributed by atoms with Gasteiger partial charge in [-0.05, 0) is 19.3 Å². The second kappa shape index (κ2) is 4.61. The Morgan fingerprint density at radius 1 is 1.69 bits per heavy atom. The van der Waals surface area contributed by atoms with Gasteiger partial charge < -0.3 is 9.47 Å². The minimum absolute atomic E-state index is 0.276. The van der Waals surface area contributed by atoms with Crippen LogP contribution in [0.4, 0.5) is 4.39 Å². The van der Waals surface area contributed by atoms with E-state index in [9.17, 15) is 9.18 Å². The van der Waals surface area contributed by atoms with Crippen LogP contribution >= 0.6 is 0 Å². The Labute approximate surface area is 92.1 Å². The Morgan fingerprint density at radius 3 is 3.12 bits per heavy atom. The van der Waals surface area contributed by atoms with E-state index < -0.39 is 11.8 Å². The average Bonchev–Trinajstić information content (AvgIpc) is 2.71. The van der Waals surface area contributed by atoms with Crippen molar-refractivity contribution in [3.05, 3.63) is 17.7 Å². The summed E-state index contributed by atoms with van der Waals surface area (Å²) in [6.07, 6.45) is 3.69.